The van der Waals surface area contributed by atoms with Gasteiger partial charge in [0.15, 0.2) is 5.76 Å². The van der Waals surface area contributed by atoms with Gasteiger partial charge in [0.05, 0.1) is 25.5 Å². The smallest absolute Gasteiger partial charge is 0.341 e. The standard InChI is InChI=1S/C20H22N6O5/c1-25(2)12-5-3-6-13(9-12)31-20-22-23-24-26(20)15-11-30-17-14(10-29-18(15)17)21-19(27)16-7-4-8-28-16/h3-9,14-15,17-18H,10-11H2,1-2H3,(H,21,27). The maximum atomic E-state index is 12.3. The van der Waals surface area contributed by atoms with Crippen LogP contribution in [0.1, 0.15) is 16.6 Å². The number of hydrogen-bond acceptors (Lipinski definition) is 9. The first kappa shape index (κ1) is 19.5. The Balaban J connectivity index is 1.29. The number of furan rings is 1. The van der Waals surface area contributed by atoms with Crippen molar-refractivity contribution in [2.24, 2.45) is 0 Å². The van der Waals surface area contributed by atoms with E-state index in [9.17, 15) is 4.79 Å². The molecule has 0 radical (unpaired) electrons. The van der Waals surface area contributed by atoms with Gasteiger partial charge >= 0.3 is 6.01 Å². The zero-order chi connectivity index (χ0) is 21.4. The minimum atomic E-state index is -0.321. The zero-order valence-corrected chi connectivity index (χ0v) is 17.0. The summed E-state index contributed by atoms with van der Waals surface area (Å²) in [5.41, 5.74) is 0.995. The molecule has 4 unspecified atom stereocenters. The molecule has 1 amide bonds. The summed E-state index contributed by atoms with van der Waals surface area (Å²) in [7, 11) is 3.91. The Hall–Kier alpha value is -3.44. The van der Waals surface area contributed by atoms with E-state index in [0.717, 1.165) is 5.69 Å². The van der Waals surface area contributed by atoms with Gasteiger partial charge in [-0.05, 0) is 34.7 Å². The highest BCUT2D eigenvalue weighted by atomic mass is 16.6. The molecule has 2 saturated heterocycles. The number of anilines is 1. The van der Waals surface area contributed by atoms with Crippen LogP contribution in [-0.4, -0.2) is 71.7 Å². The lowest BCUT2D eigenvalue weighted by Crippen LogP contribution is -2.44. The summed E-state index contributed by atoms with van der Waals surface area (Å²) in [5, 5.41) is 14.8. The second-order valence-corrected chi connectivity index (χ2v) is 7.62. The van der Waals surface area contributed by atoms with E-state index in [1.807, 2.05) is 43.3 Å². The van der Waals surface area contributed by atoms with Crippen LogP contribution in [-0.2, 0) is 9.47 Å². The highest BCUT2D eigenvalue weighted by Crippen LogP contribution is 2.36. The van der Waals surface area contributed by atoms with Crippen molar-refractivity contribution in [3.63, 3.8) is 0 Å². The Morgan fingerprint density at radius 1 is 1.19 bits per heavy atom. The molecular formula is C20H22N6O5. The lowest BCUT2D eigenvalue weighted by atomic mass is 10.1. The number of tetrazole rings is 1. The molecule has 4 heterocycles. The van der Waals surface area contributed by atoms with Gasteiger partial charge in [0.25, 0.3) is 5.91 Å². The summed E-state index contributed by atoms with van der Waals surface area (Å²) in [6.07, 6.45) is 0.817. The first-order valence-electron chi connectivity index (χ1n) is 9.91. The van der Waals surface area contributed by atoms with Crippen LogP contribution in [0.4, 0.5) is 5.69 Å². The Kier molecular flexibility index (Phi) is 5.04. The average Bonchev–Trinajstić information content (AvgIpc) is 3.54. The molecule has 0 spiro atoms. The second kappa shape index (κ2) is 8.00. The van der Waals surface area contributed by atoms with Gasteiger partial charge in [0.2, 0.25) is 0 Å². The normalized spacial score (nSPS) is 24.7. The van der Waals surface area contributed by atoms with E-state index in [1.165, 1.54) is 6.26 Å². The molecule has 11 nitrogen and oxygen atoms in total. The number of amides is 1. The number of carbonyl (C=O) groups excluding carboxylic acids is 1. The SMILES string of the molecule is CN(C)c1cccc(Oc2nnnn2C2COC3C(NC(=O)c4ccco4)COC32)c1. The molecule has 1 aromatic carbocycles. The third-order valence-corrected chi connectivity index (χ3v) is 5.41. The highest BCUT2D eigenvalue weighted by Gasteiger charge is 2.50. The number of nitrogens with zero attached hydrogens (tertiary/aromatic N) is 5. The van der Waals surface area contributed by atoms with Crippen LogP contribution >= 0.6 is 0 Å². The largest absolute Gasteiger partial charge is 0.459 e. The average molecular weight is 426 g/mol. The number of nitrogens with one attached hydrogen (secondary N) is 1. The maximum Gasteiger partial charge on any atom is 0.341 e. The number of aromatic nitrogens is 4. The van der Waals surface area contributed by atoms with Crippen LogP contribution in [0.3, 0.4) is 0 Å². The number of carbonyl (C=O) groups is 1. The topological polar surface area (TPSA) is 117 Å². The van der Waals surface area contributed by atoms with Crippen LogP contribution in [0.2, 0.25) is 0 Å². The molecule has 162 valence electrons. The number of fused-ring (bicyclic) bond motifs is 1. The fourth-order valence-electron chi connectivity index (χ4n) is 3.85. The zero-order valence-electron chi connectivity index (χ0n) is 17.0. The van der Waals surface area contributed by atoms with Gasteiger partial charge < -0.3 is 28.8 Å². The molecule has 0 bridgehead atoms. The number of rotatable bonds is 6. The van der Waals surface area contributed by atoms with Crippen molar-refractivity contribution in [1.82, 2.24) is 25.5 Å². The van der Waals surface area contributed by atoms with Crippen molar-refractivity contribution < 1.29 is 23.4 Å². The number of ether oxygens (including phenoxy) is 3. The molecule has 1 N–H and O–H groups in total. The quantitative estimate of drug-likeness (QED) is 0.622. The fraction of sp³-hybridized carbons (Fsp3) is 0.400. The molecule has 3 aromatic rings. The van der Waals surface area contributed by atoms with Crippen molar-refractivity contribution >= 4 is 11.6 Å². The minimum Gasteiger partial charge on any atom is -0.459 e. The lowest BCUT2D eigenvalue weighted by Gasteiger charge is -2.18. The first-order chi connectivity index (χ1) is 15.1. The van der Waals surface area contributed by atoms with Gasteiger partial charge in [-0.2, -0.15) is 4.68 Å². The van der Waals surface area contributed by atoms with E-state index in [-0.39, 0.29) is 42.0 Å². The van der Waals surface area contributed by atoms with Gasteiger partial charge in [-0.1, -0.05) is 11.2 Å². The van der Waals surface area contributed by atoms with Gasteiger partial charge in [-0.15, -0.1) is 0 Å². The molecule has 4 atom stereocenters. The van der Waals surface area contributed by atoms with Crippen molar-refractivity contribution in [1.29, 1.82) is 0 Å². The Labute approximate surface area is 177 Å². The molecule has 31 heavy (non-hydrogen) atoms. The first-order valence-corrected chi connectivity index (χ1v) is 9.91. The van der Waals surface area contributed by atoms with E-state index in [0.29, 0.717) is 19.0 Å². The molecular weight excluding hydrogens is 404 g/mol. The third kappa shape index (κ3) is 3.73. The van der Waals surface area contributed by atoms with Crippen LogP contribution < -0.4 is 15.0 Å². The number of benzene rings is 1. The van der Waals surface area contributed by atoms with Crippen molar-refractivity contribution in [3.8, 4) is 11.8 Å². The molecule has 0 saturated carbocycles. The van der Waals surface area contributed by atoms with Crippen LogP contribution in [0, 0.1) is 0 Å². The summed E-state index contributed by atoms with van der Waals surface area (Å²) in [5.74, 6) is 0.557. The predicted octanol–water partition coefficient (Wildman–Crippen LogP) is 1.26. The maximum absolute atomic E-state index is 12.3. The second-order valence-electron chi connectivity index (χ2n) is 7.62. The summed E-state index contributed by atoms with van der Waals surface area (Å²) >= 11 is 0. The lowest BCUT2D eigenvalue weighted by molar-refractivity contribution is 0.0605. The van der Waals surface area contributed by atoms with E-state index in [4.69, 9.17) is 18.6 Å². The van der Waals surface area contributed by atoms with E-state index in [2.05, 4.69) is 20.8 Å². The van der Waals surface area contributed by atoms with Crippen LogP contribution in [0.15, 0.2) is 47.1 Å². The van der Waals surface area contributed by atoms with Crippen molar-refractivity contribution in [3.05, 3.63) is 48.4 Å². The monoisotopic (exact) mass is 426 g/mol. The Bertz CT molecular complexity index is 1050. The molecule has 11 heteroatoms. The third-order valence-electron chi connectivity index (χ3n) is 5.41. The Morgan fingerprint density at radius 2 is 2.06 bits per heavy atom. The van der Waals surface area contributed by atoms with Crippen molar-refractivity contribution in [2.75, 3.05) is 32.2 Å². The van der Waals surface area contributed by atoms with Crippen molar-refractivity contribution in [2.45, 2.75) is 24.3 Å². The van der Waals surface area contributed by atoms with E-state index >= 15 is 0 Å². The minimum absolute atomic E-state index is 0.245. The summed E-state index contributed by atoms with van der Waals surface area (Å²) in [6, 6.07) is 10.6. The summed E-state index contributed by atoms with van der Waals surface area (Å²) in [6.45, 7) is 0.656. The van der Waals surface area contributed by atoms with Crippen LogP contribution in [0.5, 0.6) is 11.8 Å². The molecule has 2 aliphatic rings. The van der Waals surface area contributed by atoms with Crippen LogP contribution in [0.25, 0.3) is 0 Å². The van der Waals surface area contributed by atoms with E-state index < -0.39 is 0 Å². The molecule has 2 aromatic heterocycles. The van der Waals surface area contributed by atoms with Gasteiger partial charge in [-0.25, -0.2) is 0 Å². The summed E-state index contributed by atoms with van der Waals surface area (Å²) in [4.78, 5) is 14.3. The van der Waals surface area contributed by atoms with E-state index in [1.54, 1.807) is 16.8 Å². The predicted molar refractivity (Wildman–Crippen MR) is 107 cm³/mol. The summed E-state index contributed by atoms with van der Waals surface area (Å²) < 4.78 is 24.6. The molecule has 5 rings (SSSR count). The Morgan fingerprint density at radius 3 is 2.87 bits per heavy atom. The van der Waals surface area contributed by atoms with Gasteiger partial charge in [0.1, 0.15) is 24.0 Å². The fourth-order valence-corrected chi connectivity index (χ4v) is 3.85. The molecule has 2 aliphatic heterocycles. The highest BCUT2D eigenvalue weighted by molar-refractivity contribution is 5.91. The molecule has 2 fully saturated rings. The number of hydrogen-bond donors (Lipinski definition) is 1. The van der Waals surface area contributed by atoms with Gasteiger partial charge in [-0.3, -0.25) is 4.79 Å². The van der Waals surface area contributed by atoms with Gasteiger partial charge in [0, 0.05) is 25.8 Å². The molecule has 0 aliphatic carbocycles.